The van der Waals surface area contributed by atoms with Gasteiger partial charge in [-0.05, 0) is 6.92 Å². The van der Waals surface area contributed by atoms with Gasteiger partial charge in [-0.25, -0.2) is 10.8 Å². The number of nitrogens with two attached hydrogens (primary N) is 1. The number of morpholine rings is 1. The molecule has 4 N–H and O–H groups in total. The number of nitrogens with zero attached hydrogens (tertiary/aromatic N) is 3. The Hall–Kier alpha value is -1.64. The quantitative estimate of drug-likeness (QED) is 0.534. The lowest BCUT2D eigenvalue weighted by Gasteiger charge is -2.29. The number of nitrogens with one attached hydrogen (secondary N) is 2. The predicted octanol–water partition coefficient (Wildman–Crippen LogP) is 0.0748. The lowest BCUT2D eigenvalue weighted by Crippen LogP contribution is -2.47. The molecule has 1 fully saturated rings. The normalized spacial score (nSPS) is 16.6. The summed E-state index contributed by atoms with van der Waals surface area (Å²) in [4.78, 5) is 21.9. The number of halogens is 1. The Balaban J connectivity index is 2.03. The first-order valence-corrected chi connectivity index (χ1v) is 6.62. The molecule has 1 saturated heterocycles. The van der Waals surface area contributed by atoms with Gasteiger partial charge in [0.15, 0.2) is 5.82 Å². The van der Waals surface area contributed by atoms with Gasteiger partial charge in [0.2, 0.25) is 11.9 Å². The topological polar surface area (TPSA) is 105 Å². The summed E-state index contributed by atoms with van der Waals surface area (Å²) in [5.41, 5.74) is 2.33. The minimum atomic E-state index is -0.453. The molecule has 1 aliphatic rings. The molecule has 9 heteroatoms. The van der Waals surface area contributed by atoms with E-state index in [9.17, 15) is 4.79 Å². The van der Waals surface area contributed by atoms with E-state index in [-0.39, 0.29) is 11.9 Å². The van der Waals surface area contributed by atoms with Gasteiger partial charge in [-0.15, -0.1) is 0 Å². The Bertz CT molecular complexity index is 480. The van der Waals surface area contributed by atoms with Gasteiger partial charge in [0, 0.05) is 13.1 Å². The van der Waals surface area contributed by atoms with Crippen LogP contribution in [0.3, 0.4) is 0 Å². The van der Waals surface area contributed by atoms with E-state index in [0.717, 1.165) is 0 Å². The molecule has 1 aromatic rings. The standard InChI is InChI=1S/C11H17ClN6O2/c1-7(10(19)18-2-4-20-5-3-18)15-9-8(12)6-14-11(16-9)17-13/h6-7H,2-5,13H2,1H3,(H2,14,15,16,17). The van der Waals surface area contributed by atoms with Crippen LogP contribution >= 0.6 is 11.6 Å². The van der Waals surface area contributed by atoms with Gasteiger partial charge in [-0.2, -0.15) is 4.98 Å². The maximum atomic E-state index is 12.2. The van der Waals surface area contributed by atoms with Crippen molar-refractivity contribution in [2.45, 2.75) is 13.0 Å². The maximum absolute atomic E-state index is 12.2. The number of hydrogen-bond donors (Lipinski definition) is 3. The molecular formula is C11H17ClN6O2. The molecule has 1 unspecified atom stereocenters. The molecule has 0 aromatic carbocycles. The fraction of sp³-hybridized carbons (Fsp3) is 0.545. The molecule has 0 spiro atoms. The first-order valence-electron chi connectivity index (χ1n) is 6.24. The van der Waals surface area contributed by atoms with E-state index in [0.29, 0.717) is 37.1 Å². The largest absolute Gasteiger partial charge is 0.378 e. The van der Waals surface area contributed by atoms with Crippen LogP contribution in [0.25, 0.3) is 0 Å². The Morgan fingerprint density at radius 1 is 1.55 bits per heavy atom. The van der Waals surface area contributed by atoms with Gasteiger partial charge in [0.1, 0.15) is 11.1 Å². The number of ether oxygens (including phenoxy) is 1. The molecule has 20 heavy (non-hydrogen) atoms. The van der Waals surface area contributed by atoms with Crippen LogP contribution in [0.4, 0.5) is 11.8 Å². The summed E-state index contributed by atoms with van der Waals surface area (Å²) in [6.45, 7) is 4.07. The SMILES string of the molecule is CC(Nc1nc(NN)ncc1Cl)C(=O)N1CCOCC1. The zero-order chi connectivity index (χ0) is 14.5. The summed E-state index contributed by atoms with van der Waals surface area (Å²) in [7, 11) is 0. The molecule has 2 rings (SSSR count). The minimum absolute atomic E-state index is 0.0229. The summed E-state index contributed by atoms with van der Waals surface area (Å²) in [6.07, 6.45) is 1.41. The van der Waals surface area contributed by atoms with Crippen LogP contribution in [0, 0.1) is 0 Å². The van der Waals surface area contributed by atoms with Gasteiger partial charge in [0.05, 0.1) is 19.4 Å². The average molecular weight is 301 g/mol. The lowest BCUT2D eigenvalue weighted by atomic mass is 10.2. The summed E-state index contributed by atoms with van der Waals surface area (Å²) in [5.74, 6) is 5.81. The third-order valence-corrected chi connectivity index (χ3v) is 3.20. The molecule has 8 nitrogen and oxygen atoms in total. The molecule has 1 amide bonds. The Labute approximate surface area is 121 Å². The number of hydrazine groups is 1. The Morgan fingerprint density at radius 2 is 2.25 bits per heavy atom. The molecule has 2 heterocycles. The molecule has 0 saturated carbocycles. The van der Waals surface area contributed by atoms with Crippen molar-refractivity contribution in [3.8, 4) is 0 Å². The van der Waals surface area contributed by atoms with Gasteiger partial charge in [0.25, 0.3) is 0 Å². The highest BCUT2D eigenvalue weighted by atomic mass is 35.5. The molecule has 1 atom stereocenters. The number of rotatable bonds is 4. The van der Waals surface area contributed by atoms with Gasteiger partial charge < -0.3 is 15.0 Å². The number of carbonyl (C=O) groups is 1. The second-order valence-electron chi connectivity index (χ2n) is 4.34. The van der Waals surface area contributed by atoms with Crippen molar-refractivity contribution < 1.29 is 9.53 Å². The van der Waals surface area contributed by atoms with Crippen LogP contribution in [0.15, 0.2) is 6.20 Å². The van der Waals surface area contributed by atoms with Crippen molar-refractivity contribution in [1.29, 1.82) is 0 Å². The van der Waals surface area contributed by atoms with Crippen LogP contribution < -0.4 is 16.6 Å². The average Bonchev–Trinajstić information content (AvgIpc) is 2.49. The molecule has 1 aliphatic heterocycles. The fourth-order valence-electron chi connectivity index (χ4n) is 1.86. The van der Waals surface area contributed by atoms with Crippen LogP contribution in [-0.2, 0) is 9.53 Å². The number of nitrogen functional groups attached to an aromatic ring is 1. The predicted molar refractivity (Wildman–Crippen MR) is 75.3 cm³/mol. The third kappa shape index (κ3) is 3.47. The van der Waals surface area contributed by atoms with E-state index < -0.39 is 6.04 Å². The van der Waals surface area contributed by atoms with Crippen molar-refractivity contribution in [2.24, 2.45) is 5.84 Å². The second kappa shape index (κ2) is 6.69. The smallest absolute Gasteiger partial charge is 0.244 e. The van der Waals surface area contributed by atoms with Crippen molar-refractivity contribution >= 4 is 29.3 Å². The third-order valence-electron chi connectivity index (χ3n) is 2.92. The van der Waals surface area contributed by atoms with E-state index in [1.165, 1.54) is 6.20 Å². The first-order chi connectivity index (χ1) is 9.61. The highest BCUT2D eigenvalue weighted by Crippen LogP contribution is 2.20. The van der Waals surface area contributed by atoms with E-state index in [2.05, 4.69) is 20.7 Å². The molecule has 1 aromatic heterocycles. The van der Waals surface area contributed by atoms with Gasteiger partial charge in [-0.1, -0.05) is 11.6 Å². The summed E-state index contributed by atoms with van der Waals surface area (Å²) >= 11 is 5.99. The number of carbonyl (C=O) groups excluding carboxylic acids is 1. The van der Waals surface area contributed by atoms with Crippen molar-refractivity contribution in [1.82, 2.24) is 14.9 Å². The summed E-state index contributed by atoms with van der Waals surface area (Å²) in [5, 5.41) is 3.30. The fourth-order valence-corrected chi connectivity index (χ4v) is 2.01. The lowest BCUT2D eigenvalue weighted by molar-refractivity contribution is -0.135. The minimum Gasteiger partial charge on any atom is -0.378 e. The number of anilines is 2. The van der Waals surface area contributed by atoms with E-state index in [1.54, 1.807) is 11.8 Å². The van der Waals surface area contributed by atoms with Crippen molar-refractivity contribution in [3.63, 3.8) is 0 Å². The highest BCUT2D eigenvalue weighted by Gasteiger charge is 2.23. The van der Waals surface area contributed by atoms with Crippen LogP contribution in [0.5, 0.6) is 0 Å². The molecule has 0 bridgehead atoms. The molecular weight excluding hydrogens is 284 g/mol. The maximum Gasteiger partial charge on any atom is 0.244 e. The van der Waals surface area contributed by atoms with Gasteiger partial charge in [-0.3, -0.25) is 10.2 Å². The second-order valence-corrected chi connectivity index (χ2v) is 4.75. The molecule has 110 valence electrons. The molecule has 0 radical (unpaired) electrons. The van der Waals surface area contributed by atoms with Crippen LogP contribution in [0.2, 0.25) is 5.02 Å². The summed E-state index contributed by atoms with van der Waals surface area (Å²) < 4.78 is 5.22. The Morgan fingerprint density at radius 3 is 2.90 bits per heavy atom. The van der Waals surface area contributed by atoms with Crippen LogP contribution in [0.1, 0.15) is 6.92 Å². The van der Waals surface area contributed by atoms with Crippen LogP contribution in [-0.4, -0.2) is 53.1 Å². The highest BCUT2D eigenvalue weighted by molar-refractivity contribution is 6.32. The van der Waals surface area contributed by atoms with E-state index in [1.807, 2.05) is 0 Å². The Kier molecular flexibility index (Phi) is 4.94. The zero-order valence-corrected chi connectivity index (χ0v) is 11.9. The van der Waals surface area contributed by atoms with Crippen molar-refractivity contribution in [2.75, 3.05) is 37.0 Å². The summed E-state index contributed by atoms with van der Waals surface area (Å²) in [6, 6.07) is -0.453. The van der Waals surface area contributed by atoms with Crippen molar-refractivity contribution in [3.05, 3.63) is 11.2 Å². The molecule has 0 aliphatic carbocycles. The van der Waals surface area contributed by atoms with Gasteiger partial charge >= 0.3 is 0 Å². The van der Waals surface area contributed by atoms with E-state index >= 15 is 0 Å². The number of hydrogen-bond acceptors (Lipinski definition) is 7. The number of amides is 1. The first kappa shape index (κ1) is 14.8. The van der Waals surface area contributed by atoms with E-state index in [4.69, 9.17) is 22.2 Å². The zero-order valence-electron chi connectivity index (χ0n) is 11.1. The monoisotopic (exact) mass is 300 g/mol. The number of aromatic nitrogens is 2.